The van der Waals surface area contributed by atoms with Gasteiger partial charge in [0.1, 0.15) is 11.9 Å². The maximum atomic E-state index is 9.58. The Kier molecular flexibility index (Phi) is 4.88. The number of hydrogen-bond donors (Lipinski definition) is 1. The summed E-state index contributed by atoms with van der Waals surface area (Å²) < 4.78 is 10.7. The van der Waals surface area contributed by atoms with Crippen molar-refractivity contribution in [3.05, 3.63) is 53.0 Å². The molecule has 0 radical (unpaired) electrons. The molecule has 1 heterocycles. The number of rotatable bonds is 5. The van der Waals surface area contributed by atoms with Gasteiger partial charge >= 0.3 is 0 Å². The van der Waals surface area contributed by atoms with Crippen molar-refractivity contribution < 1.29 is 14.6 Å². The van der Waals surface area contributed by atoms with Gasteiger partial charge in [-0.1, -0.05) is 24.3 Å². The topological polar surface area (TPSA) is 64.5 Å². The molecule has 0 amide bonds. The number of methoxy groups -OCH3 is 1. The third kappa shape index (κ3) is 4.00. The van der Waals surface area contributed by atoms with Crippen LogP contribution in [0.3, 0.4) is 0 Å². The molecule has 0 saturated carbocycles. The Labute approximate surface area is 124 Å². The van der Waals surface area contributed by atoms with E-state index < -0.39 is 6.29 Å². The predicted octanol–water partition coefficient (Wildman–Crippen LogP) is 2.87. The zero-order valence-electron chi connectivity index (χ0n) is 12.7. The first-order valence-electron chi connectivity index (χ1n) is 6.79. The number of aliphatic hydroxyl groups is 1. The minimum atomic E-state index is -0.901. The van der Waals surface area contributed by atoms with Gasteiger partial charge in [0.2, 0.25) is 5.88 Å². The van der Waals surface area contributed by atoms with Crippen molar-refractivity contribution in [1.82, 2.24) is 9.97 Å². The average molecular weight is 288 g/mol. The first kappa shape index (κ1) is 15.4. The summed E-state index contributed by atoms with van der Waals surface area (Å²) in [5.41, 5.74) is 2.58. The number of aryl methyl sites for hydroxylation is 2. The molecule has 0 bridgehead atoms. The van der Waals surface area contributed by atoms with Crippen molar-refractivity contribution in [2.24, 2.45) is 0 Å². The summed E-state index contributed by atoms with van der Waals surface area (Å²) in [4.78, 5) is 8.49. The van der Waals surface area contributed by atoms with E-state index in [1.807, 2.05) is 51.1 Å². The molecule has 0 fully saturated rings. The van der Waals surface area contributed by atoms with Crippen LogP contribution in [0.1, 0.15) is 42.0 Å². The van der Waals surface area contributed by atoms with Crippen LogP contribution >= 0.6 is 0 Å². The van der Waals surface area contributed by atoms with Crippen LogP contribution in [0.15, 0.2) is 30.3 Å². The fraction of sp³-hybridized carbons (Fsp3) is 0.375. The van der Waals surface area contributed by atoms with Crippen LogP contribution in [0, 0.1) is 13.8 Å². The number of hydrogen-bond acceptors (Lipinski definition) is 5. The Balaban J connectivity index is 2.11. The third-order valence-electron chi connectivity index (χ3n) is 3.15. The molecule has 5 heteroatoms. The van der Waals surface area contributed by atoms with Gasteiger partial charge in [0.25, 0.3) is 0 Å². The van der Waals surface area contributed by atoms with Crippen molar-refractivity contribution in [3.63, 3.8) is 0 Å². The third-order valence-corrected chi connectivity index (χ3v) is 3.15. The van der Waals surface area contributed by atoms with Gasteiger partial charge in [0.15, 0.2) is 6.29 Å². The Morgan fingerprint density at radius 1 is 1.05 bits per heavy atom. The quantitative estimate of drug-likeness (QED) is 0.857. The molecule has 0 aliphatic carbocycles. The second kappa shape index (κ2) is 6.65. The number of nitrogens with zero attached hydrogens (tertiary/aromatic N) is 2. The van der Waals surface area contributed by atoms with Gasteiger partial charge in [-0.15, -0.1) is 0 Å². The van der Waals surface area contributed by atoms with Crippen LogP contribution in [-0.4, -0.2) is 22.2 Å². The standard InChI is InChI=1S/C16H20N2O3/c1-10-9-15(18-12(3)17-10)21-11(2)13-5-7-14(8-6-13)16(19)20-4/h5-9,11,16,19H,1-4H3/t11-,16?/m0/s1. The van der Waals surface area contributed by atoms with E-state index in [9.17, 15) is 5.11 Å². The lowest BCUT2D eigenvalue weighted by Gasteiger charge is -2.16. The summed E-state index contributed by atoms with van der Waals surface area (Å²) in [6.07, 6.45) is -1.05. The largest absolute Gasteiger partial charge is 0.470 e. The number of aromatic nitrogens is 2. The van der Waals surface area contributed by atoms with E-state index in [4.69, 9.17) is 9.47 Å². The smallest absolute Gasteiger partial charge is 0.217 e. The SMILES string of the molecule is COC(O)c1ccc([C@H](C)Oc2cc(C)nc(C)n2)cc1. The number of benzene rings is 1. The second-order valence-electron chi connectivity index (χ2n) is 4.91. The summed E-state index contributed by atoms with van der Waals surface area (Å²) in [6, 6.07) is 9.26. The Bertz CT molecular complexity index is 579. The van der Waals surface area contributed by atoms with Gasteiger partial charge in [0.05, 0.1) is 0 Å². The van der Waals surface area contributed by atoms with E-state index in [0.717, 1.165) is 11.3 Å². The molecule has 1 aromatic heterocycles. The molecule has 112 valence electrons. The molecule has 1 aromatic carbocycles. The lowest BCUT2D eigenvalue weighted by Crippen LogP contribution is -2.06. The van der Waals surface area contributed by atoms with Crippen LogP contribution in [0.5, 0.6) is 5.88 Å². The van der Waals surface area contributed by atoms with Crippen LogP contribution < -0.4 is 4.74 Å². The van der Waals surface area contributed by atoms with Gasteiger partial charge in [-0.3, -0.25) is 0 Å². The van der Waals surface area contributed by atoms with Crippen LogP contribution in [0.4, 0.5) is 0 Å². The molecule has 0 saturated heterocycles. The number of ether oxygens (including phenoxy) is 2. The molecule has 21 heavy (non-hydrogen) atoms. The van der Waals surface area contributed by atoms with Crippen molar-refractivity contribution in [2.45, 2.75) is 33.2 Å². The highest BCUT2D eigenvalue weighted by molar-refractivity contribution is 5.26. The molecule has 2 atom stereocenters. The van der Waals surface area contributed by atoms with Crippen molar-refractivity contribution in [1.29, 1.82) is 0 Å². The fourth-order valence-corrected chi connectivity index (χ4v) is 2.06. The van der Waals surface area contributed by atoms with Crippen molar-refractivity contribution in [2.75, 3.05) is 7.11 Å². The first-order chi connectivity index (χ1) is 9.99. The Hall–Kier alpha value is -1.98. The molecular formula is C16H20N2O3. The minimum absolute atomic E-state index is 0.146. The Morgan fingerprint density at radius 2 is 1.67 bits per heavy atom. The van der Waals surface area contributed by atoms with Gasteiger partial charge in [-0.2, -0.15) is 4.98 Å². The highest BCUT2D eigenvalue weighted by Gasteiger charge is 2.11. The van der Waals surface area contributed by atoms with E-state index >= 15 is 0 Å². The zero-order chi connectivity index (χ0) is 15.4. The molecule has 5 nitrogen and oxygen atoms in total. The van der Waals surface area contributed by atoms with Gasteiger partial charge < -0.3 is 14.6 Å². The molecular weight excluding hydrogens is 268 g/mol. The van der Waals surface area contributed by atoms with Crippen LogP contribution in [-0.2, 0) is 4.74 Å². The lowest BCUT2D eigenvalue weighted by molar-refractivity contribution is -0.0769. The molecule has 2 rings (SSSR count). The molecule has 2 aromatic rings. The molecule has 1 N–H and O–H groups in total. The molecule has 0 aliphatic heterocycles. The second-order valence-corrected chi connectivity index (χ2v) is 4.91. The van der Waals surface area contributed by atoms with E-state index in [1.54, 1.807) is 0 Å². The fourth-order valence-electron chi connectivity index (χ4n) is 2.06. The van der Waals surface area contributed by atoms with Crippen LogP contribution in [0.25, 0.3) is 0 Å². The summed E-state index contributed by atoms with van der Waals surface area (Å²) in [6.45, 7) is 5.70. The average Bonchev–Trinajstić information content (AvgIpc) is 2.45. The first-order valence-corrected chi connectivity index (χ1v) is 6.79. The van der Waals surface area contributed by atoms with Crippen molar-refractivity contribution in [3.8, 4) is 5.88 Å². The summed E-state index contributed by atoms with van der Waals surface area (Å²) in [5.74, 6) is 1.25. The van der Waals surface area contributed by atoms with Gasteiger partial charge in [0, 0.05) is 24.4 Å². The van der Waals surface area contributed by atoms with E-state index in [-0.39, 0.29) is 6.10 Å². The number of aliphatic hydroxyl groups excluding tert-OH is 1. The maximum Gasteiger partial charge on any atom is 0.217 e. The van der Waals surface area contributed by atoms with E-state index in [0.29, 0.717) is 17.3 Å². The molecule has 1 unspecified atom stereocenters. The lowest BCUT2D eigenvalue weighted by atomic mass is 10.1. The van der Waals surface area contributed by atoms with Gasteiger partial charge in [-0.05, 0) is 26.3 Å². The normalized spacial score (nSPS) is 13.8. The Morgan fingerprint density at radius 3 is 2.24 bits per heavy atom. The van der Waals surface area contributed by atoms with Crippen LogP contribution in [0.2, 0.25) is 0 Å². The molecule has 0 aliphatic rings. The maximum absolute atomic E-state index is 9.58. The zero-order valence-corrected chi connectivity index (χ0v) is 12.7. The highest BCUT2D eigenvalue weighted by Crippen LogP contribution is 2.22. The predicted molar refractivity (Wildman–Crippen MR) is 79.0 cm³/mol. The van der Waals surface area contributed by atoms with E-state index in [2.05, 4.69) is 9.97 Å². The van der Waals surface area contributed by atoms with Gasteiger partial charge in [-0.25, -0.2) is 4.98 Å². The highest BCUT2D eigenvalue weighted by atomic mass is 16.6. The van der Waals surface area contributed by atoms with Crippen molar-refractivity contribution >= 4 is 0 Å². The summed E-state index contributed by atoms with van der Waals surface area (Å²) in [5, 5.41) is 9.58. The monoisotopic (exact) mass is 288 g/mol. The minimum Gasteiger partial charge on any atom is -0.470 e. The molecule has 0 spiro atoms. The summed E-state index contributed by atoms with van der Waals surface area (Å²) in [7, 11) is 1.46. The van der Waals surface area contributed by atoms with E-state index in [1.165, 1.54) is 7.11 Å². The summed E-state index contributed by atoms with van der Waals surface area (Å²) >= 11 is 0.